The minimum atomic E-state index is -0.577. The normalized spacial score (nSPS) is 12.2. The Morgan fingerprint density at radius 1 is 1.35 bits per heavy atom. The Bertz CT molecular complexity index is 683. The van der Waals surface area contributed by atoms with Crippen LogP contribution in [0.4, 0.5) is 11.4 Å². The van der Waals surface area contributed by atoms with Gasteiger partial charge in [0.05, 0.1) is 15.9 Å². The van der Waals surface area contributed by atoms with E-state index in [2.05, 4.69) is 5.32 Å². The first kappa shape index (κ1) is 12.4. The van der Waals surface area contributed by atoms with Gasteiger partial charge in [0.1, 0.15) is 5.69 Å². The molecule has 1 aromatic carbocycles. The van der Waals surface area contributed by atoms with E-state index < -0.39 is 10.8 Å². The first-order valence-electron chi connectivity index (χ1n) is 5.58. The number of nitrogens with zero attached hydrogens (tertiary/aromatic N) is 1. The Labute approximate surface area is 116 Å². The van der Waals surface area contributed by atoms with Crippen LogP contribution in [0.25, 0.3) is 0 Å². The highest BCUT2D eigenvalue weighted by Crippen LogP contribution is 2.40. The number of rotatable bonds is 3. The van der Waals surface area contributed by atoms with Crippen molar-refractivity contribution in [1.82, 2.24) is 0 Å². The lowest BCUT2D eigenvalue weighted by Crippen LogP contribution is -2.11. The van der Waals surface area contributed by atoms with E-state index in [0.29, 0.717) is 16.4 Å². The molecule has 1 aliphatic rings. The van der Waals surface area contributed by atoms with Gasteiger partial charge in [-0.2, -0.15) is 0 Å². The first-order chi connectivity index (χ1) is 9.65. The summed E-state index contributed by atoms with van der Waals surface area (Å²) in [5, 5.41) is 15.3. The molecule has 1 amide bonds. The number of hydrogen-bond donors (Lipinski definition) is 1. The number of ether oxygens (including phenoxy) is 2. The molecule has 0 bridgehead atoms. The second kappa shape index (κ2) is 4.82. The van der Waals surface area contributed by atoms with Crippen LogP contribution in [0.2, 0.25) is 0 Å². The third-order valence-corrected chi connectivity index (χ3v) is 3.55. The third-order valence-electron chi connectivity index (χ3n) is 2.68. The Morgan fingerprint density at radius 3 is 2.75 bits per heavy atom. The summed E-state index contributed by atoms with van der Waals surface area (Å²) in [5.74, 6) is 0.268. The van der Waals surface area contributed by atoms with Crippen molar-refractivity contribution in [3.63, 3.8) is 0 Å². The van der Waals surface area contributed by atoms with Gasteiger partial charge in [0.25, 0.3) is 11.6 Å². The fraction of sp³-hybridized carbons (Fsp3) is 0.0833. The molecule has 0 radical (unpaired) electrons. The zero-order valence-corrected chi connectivity index (χ0v) is 10.8. The minimum absolute atomic E-state index is 0.00874. The molecule has 8 heteroatoms. The van der Waals surface area contributed by atoms with Crippen LogP contribution in [0.15, 0.2) is 29.6 Å². The quantitative estimate of drug-likeness (QED) is 0.693. The molecule has 20 heavy (non-hydrogen) atoms. The van der Waals surface area contributed by atoms with Crippen molar-refractivity contribution >= 4 is 28.6 Å². The highest BCUT2D eigenvalue weighted by molar-refractivity contribution is 7.12. The van der Waals surface area contributed by atoms with E-state index in [0.717, 1.165) is 0 Å². The number of amides is 1. The minimum Gasteiger partial charge on any atom is -0.454 e. The predicted octanol–water partition coefficient (Wildman–Crippen LogP) is 2.64. The Kier molecular flexibility index (Phi) is 2.99. The fourth-order valence-corrected chi connectivity index (χ4v) is 2.39. The maximum absolute atomic E-state index is 12.0. The standard InChI is InChI=1S/C12H8N2O5S/c15-12(11-2-1-3-20-11)13-7-4-9-10(19-6-18-9)5-8(7)14(16)17/h1-5H,6H2,(H,13,15). The summed E-state index contributed by atoms with van der Waals surface area (Å²) in [6.07, 6.45) is 0. The van der Waals surface area contributed by atoms with E-state index in [4.69, 9.17) is 9.47 Å². The number of fused-ring (bicyclic) bond motifs is 1. The molecular formula is C12H8N2O5S. The molecule has 102 valence electrons. The van der Waals surface area contributed by atoms with Crippen molar-refractivity contribution in [3.8, 4) is 11.5 Å². The van der Waals surface area contributed by atoms with Gasteiger partial charge in [0.2, 0.25) is 6.79 Å². The van der Waals surface area contributed by atoms with E-state index >= 15 is 0 Å². The van der Waals surface area contributed by atoms with Crippen LogP contribution in [-0.2, 0) is 0 Å². The maximum Gasteiger partial charge on any atom is 0.296 e. The van der Waals surface area contributed by atoms with Gasteiger partial charge in [-0.05, 0) is 11.4 Å². The summed E-state index contributed by atoms with van der Waals surface area (Å²) >= 11 is 1.25. The average molecular weight is 292 g/mol. The summed E-state index contributed by atoms with van der Waals surface area (Å²) in [7, 11) is 0. The van der Waals surface area contributed by atoms with Crippen molar-refractivity contribution in [2.45, 2.75) is 0 Å². The number of benzene rings is 1. The highest BCUT2D eigenvalue weighted by Gasteiger charge is 2.24. The van der Waals surface area contributed by atoms with E-state index in [1.54, 1.807) is 17.5 Å². The van der Waals surface area contributed by atoms with Crippen molar-refractivity contribution in [1.29, 1.82) is 0 Å². The number of carbonyl (C=O) groups is 1. The summed E-state index contributed by atoms with van der Waals surface area (Å²) in [6, 6.07) is 6.00. The van der Waals surface area contributed by atoms with Gasteiger partial charge in [0.15, 0.2) is 11.5 Å². The highest BCUT2D eigenvalue weighted by atomic mass is 32.1. The Hall–Kier alpha value is -2.61. The van der Waals surface area contributed by atoms with Crippen molar-refractivity contribution in [2.24, 2.45) is 0 Å². The second-order valence-electron chi connectivity index (χ2n) is 3.91. The lowest BCUT2D eigenvalue weighted by Gasteiger charge is -2.06. The van der Waals surface area contributed by atoms with E-state index in [-0.39, 0.29) is 18.2 Å². The van der Waals surface area contributed by atoms with E-state index in [1.165, 1.54) is 23.5 Å². The third kappa shape index (κ3) is 2.16. The molecule has 0 spiro atoms. The molecular weight excluding hydrogens is 284 g/mol. The molecule has 0 atom stereocenters. The van der Waals surface area contributed by atoms with Gasteiger partial charge >= 0.3 is 0 Å². The van der Waals surface area contributed by atoms with Crippen molar-refractivity contribution in [3.05, 3.63) is 44.6 Å². The van der Waals surface area contributed by atoms with Crippen molar-refractivity contribution in [2.75, 3.05) is 12.1 Å². The molecule has 0 saturated carbocycles. The smallest absolute Gasteiger partial charge is 0.296 e. The number of nitro benzene ring substituents is 1. The molecule has 7 nitrogen and oxygen atoms in total. The van der Waals surface area contributed by atoms with Gasteiger partial charge in [-0.15, -0.1) is 11.3 Å². The average Bonchev–Trinajstić information content (AvgIpc) is 3.08. The molecule has 0 saturated heterocycles. The predicted molar refractivity (Wildman–Crippen MR) is 71.5 cm³/mol. The molecule has 3 rings (SSSR count). The van der Waals surface area contributed by atoms with Crippen molar-refractivity contribution < 1.29 is 19.2 Å². The first-order valence-corrected chi connectivity index (χ1v) is 6.46. The maximum atomic E-state index is 12.0. The summed E-state index contributed by atoms with van der Waals surface area (Å²) in [6.45, 7) is 0.00874. The van der Waals surface area contributed by atoms with E-state index in [9.17, 15) is 14.9 Å². The van der Waals surface area contributed by atoms with Crippen LogP contribution in [0.5, 0.6) is 11.5 Å². The zero-order valence-electron chi connectivity index (χ0n) is 9.99. The van der Waals surface area contributed by atoms with Gasteiger partial charge in [-0.3, -0.25) is 14.9 Å². The van der Waals surface area contributed by atoms with Gasteiger partial charge in [0, 0.05) is 6.07 Å². The van der Waals surface area contributed by atoms with Crippen LogP contribution in [0.3, 0.4) is 0 Å². The molecule has 0 unspecified atom stereocenters. The number of anilines is 1. The second-order valence-corrected chi connectivity index (χ2v) is 4.86. The van der Waals surface area contributed by atoms with Gasteiger partial charge in [-0.1, -0.05) is 6.07 Å². The molecule has 0 fully saturated rings. The van der Waals surface area contributed by atoms with Gasteiger partial charge in [-0.25, -0.2) is 0 Å². The molecule has 2 heterocycles. The number of nitrogens with one attached hydrogen (secondary N) is 1. The monoisotopic (exact) mass is 292 g/mol. The topological polar surface area (TPSA) is 90.7 Å². The number of thiophene rings is 1. The van der Waals surface area contributed by atoms with Crippen LogP contribution in [-0.4, -0.2) is 17.6 Å². The molecule has 2 aromatic rings. The SMILES string of the molecule is O=C(Nc1cc2c(cc1[N+](=O)[O-])OCO2)c1cccs1. The summed E-state index contributed by atoms with van der Waals surface area (Å²) in [5.41, 5.74) is -0.156. The largest absolute Gasteiger partial charge is 0.454 e. The molecule has 1 N–H and O–H groups in total. The van der Waals surface area contributed by atoms with Gasteiger partial charge < -0.3 is 14.8 Å². The van der Waals surface area contributed by atoms with Crippen LogP contribution in [0, 0.1) is 10.1 Å². The fourth-order valence-electron chi connectivity index (χ4n) is 1.77. The molecule has 0 aliphatic carbocycles. The Morgan fingerprint density at radius 2 is 2.10 bits per heavy atom. The lowest BCUT2D eigenvalue weighted by atomic mass is 10.2. The van der Waals surface area contributed by atoms with Crippen LogP contribution >= 0.6 is 11.3 Å². The molecule has 1 aliphatic heterocycles. The number of hydrogen-bond acceptors (Lipinski definition) is 6. The van der Waals surface area contributed by atoms with Crippen LogP contribution in [0.1, 0.15) is 9.67 Å². The summed E-state index contributed by atoms with van der Waals surface area (Å²) in [4.78, 5) is 22.9. The zero-order chi connectivity index (χ0) is 14.1. The number of nitro groups is 1. The number of carbonyl (C=O) groups excluding carboxylic acids is 1. The Balaban J connectivity index is 1.96. The molecule has 1 aromatic heterocycles. The summed E-state index contributed by atoms with van der Waals surface area (Å²) < 4.78 is 10.2. The van der Waals surface area contributed by atoms with E-state index in [1.807, 2.05) is 0 Å². The lowest BCUT2D eigenvalue weighted by molar-refractivity contribution is -0.384. The van der Waals surface area contributed by atoms with Crippen LogP contribution < -0.4 is 14.8 Å².